The fourth-order valence-electron chi connectivity index (χ4n) is 2.87. The number of benzene rings is 1. The average molecular weight is 276 g/mol. The zero-order valence-electron chi connectivity index (χ0n) is 13.3. The maximum atomic E-state index is 10.8. The number of aliphatic hydroxyl groups is 1. The monoisotopic (exact) mass is 276 g/mol. The van der Waals surface area contributed by atoms with E-state index >= 15 is 0 Å². The van der Waals surface area contributed by atoms with Crippen molar-refractivity contribution in [2.24, 2.45) is 0 Å². The lowest BCUT2D eigenvalue weighted by Gasteiger charge is -2.38. The largest absolute Gasteiger partial charge is 0.384 e. The quantitative estimate of drug-likeness (QED) is 0.913. The van der Waals surface area contributed by atoms with Crippen LogP contribution in [0.25, 0.3) is 0 Å². The summed E-state index contributed by atoms with van der Waals surface area (Å²) in [6.45, 7) is 14.5. The molecule has 20 heavy (non-hydrogen) atoms. The van der Waals surface area contributed by atoms with E-state index in [4.69, 9.17) is 0 Å². The van der Waals surface area contributed by atoms with Gasteiger partial charge in [0.1, 0.15) is 0 Å². The van der Waals surface area contributed by atoms with Gasteiger partial charge in [-0.05, 0) is 44.0 Å². The Kier molecular flexibility index (Phi) is 4.84. The highest BCUT2D eigenvalue weighted by molar-refractivity contribution is 5.33. The molecule has 1 unspecified atom stereocenters. The third kappa shape index (κ3) is 3.60. The summed E-state index contributed by atoms with van der Waals surface area (Å²) in [6, 6.07) is 6.29. The lowest BCUT2D eigenvalue weighted by Crippen LogP contribution is -2.50. The van der Waals surface area contributed by atoms with Crippen LogP contribution in [-0.2, 0) is 5.60 Å². The van der Waals surface area contributed by atoms with E-state index in [1.165, 1.54) is 11.1 Å². The number of rotatable bonds is 4. The summed E-state index contributed by atoms with van der Waals surface area (Å²) in [7, 11) is 0. The first-order chi connectivity index (χ1) is 9.42. The smallest absolute Gasteiger partial charge is 0.0994 e. The molecule has 1 aliphatic heterocycles. The van der Waals surface area contributed by atoms with Crippen LogP contribution in [0.4, 0.5) is 0 Å². The first kappa shape index (κ1) is 15.5. The van der Waals surface area contributed by atoms with E-state index in [9.17, 15) is 5.11 Å². The summed E-state index contributed by atoms with van der Waals surface area (Å²) in [5.41, 5.74) is 2.78. The number of β-amino-alcohol motifs (C(OH)–C–C–N with tert-alkyl or cyclic N) is 1. The van der Waals surface area contributed by atoms with Gasteiger partial charge in [0, 0.05) is 32.7 Å². The molecule has 0 amide bonds. The standard InChI is InChI=1S/C17H28N2O/c1-5-18-8-10-19(11-9-18)13-17(4,20)16-7-6-14(2)15(3)12-16/h6-7,12,20H,5,8-11,13H2,1-4H3. The van der Waals surface area contributed by atoms with Gasteiger partial charge in [0.05, 0.1) is 5.60 Å². The second-order valence-corrected chi connectivity index (χ2v) is 6.28. The molecule has 1 aromatic carbocycles. The topological polar surface area (TPSA) is 26.7 Å². The Labute approximate surface area is 123 Å². The van der Waals surface area contributed by atoms with Crippen LogP contribution in [0.5, 0.6) is 0 Å². The highest BCUT2D eigenvalue weighted by Crippen LogP contribution is 2.24. The summed E-state index contributed by atoms with van der Waals surface area (Å²) in [5.74, 6) is 0. The Morgan fingerprint density at radius 3 is 2.20 bits per heavy atom. The van der Waals surface area contributed by atoms with Gasteiger partial charge in [0.2, 0.25) is 0 Å². The molecule has 0 aliphatic carbocycles. The molecule has 2 rings (SSSR count). The van der Waals surface area contributed by atoms with E-state index in [1.807, 2.05) is 6.92 Å². The van der Waals surface area contributed by atoms with Crippen molar-refractivity contribution in [2.45, 2.75) is 33.3 Å². The van der Waals surface area contributed by atoms with Crippen LogP contribution in [0, 0.1) is 13.8 Å². The molecule has 3 heteroatoms. The Balaban J connectivity index is 2.01. The third-order valence-electron chi connectivity index (χ3n) is 4.57. The van der Waals surface area contributed by atoms with Crippen LogP contribution in [0.1, 0.15) is 30.5 Å². The highest BCUT2D eigenvalue weighted by atomic mass is 16.3. The normalized spacial score (nSPS) is 20.9. The van der Waals surface area contributed by atoms with Crippen molar-refractivity contribution in [1.82, 2.24) is 9.80 Å². The van der Waals surface area contributed by atoms with E-state index in [0.717, 1.165) is 38.3 Å². The van der Waals surface area contributed by atoms with Gasteiger partial charge in [-0.2, -0.15) is 0 Å². The van der Waals surface area contributed by atoms with E-state index in [1.54, 1.807) is 0 Å². The number of hydrogen-bond acceptors (Lipinski definition) is 3. The molecule has 1 N–H and O–H groups in total. The summed E-state index contributed by atoms with van der Waals surface area (Å²) < 4.78 is 0. The molecular formula is C17H28N2O. The van der Waals surface area contributed by atoms with Crippen molar-refractivity contribution in [3.05, 3.63) is 34.9 Å². The van der Waals surface area contributed by atoms with Crippen LogP contribution in [0.15, 0.2) is 18.2 Å². The predicted octanol–water partition coefficient (Wildman–Crippen LogP) is 2.15. The Morgan fingerprint density at radius 2 is 1.65 bits per heavy atom. The van der Waals surface area contributed by atoms with E-state index in [0.29, 0.717) is 6.54 Å². The van der Waals surface area contributed by atoms with Gasteiger partial charge >= 0.3 is 0 Å². The summed E-state index contributed by atoms with van der Waals surface area (Å²) in [6.07, 6.45) is 0. The SMILES string of the molecule is CCN1CCN(CC(C)(O)c2ccc(C)c(C)c2)CC1. The minimum atomic E-state index is -0.771. The molecule has 0 aromatic heterocycles. The first-order valence-corrected chi connectivity index (χ1v) is 7.67. The van der Waals surface area contributed by atoms with Crippen molar-refractivity contribution in [2.75, 3.05) is 39.3 Å². The number of hydrogen-bond donors (Lipinski definition) is 1. The molecule has 1 heterocycles. The molecule has 0 radical (unpaired) electrons. The molecular weight excluding hydrogens is 248 g/mol. The zero-order chi connectivity index (χ0) is 14.8. The first-order valence-electron chi connectivity index (χ1n) is 7.67. The highest BCUT2D eigenvalue weighted by Gasteiger charge is 2.28. The summed E-state index contributed by atoms with van der Waals surface area (Å²) >= 11 is 0. The van der Waals surface area contributed by atoms with Crippen LogP contribution in [0.2, 0.25) is 0 Å². The van der Waals surface area contributed by atoms with Gasteiger partial charge in [0.15, 0.2) is 0 Å². The van der Waals surface area contributed by atoms with Gasteiger partial charge in [-0.25, -0.2) is 0 Å². The van der Waals surface area contributed by atoms with Crippen molar-refractivity contribution < 1.29 is 5.11 Å². The van der Waals surface area contributed by atoms with Gasteiger partial charge in [-0.15, -0.1) is 0 Å². The number of aryl methyl sites for hydroxylation is 2. The maximum absolute atomic E-state index is 10.8. The van der Waals surface area contributed by atoms with E-state index < -0.39 is 5.60 Å². The lowest BCUT2D eigenvalue weighted by molar-refractivity contribution is 0.00104. The lowest BCUT2D eigenvalue weighted by atomic mass is 9.92. The molecule has 1 aromatic rings. The van der Waals surface area contributed by atoms with Crippen molar-refractivity contribution in [3.8, 4) is 0 Å². The van der Waals surface area contributed by atoms with Crippen LogP contribution >= 0.6 is 0 Å². The number of piperazine rings is 1. The van der Waals surface area contributed by atoms with Gasteiger partial charge in [-0.1, -0.05) is 25.1 Å². The Morgan fingerprint density at radius 1 is 1.05 bits per heavy atom. The molecule has 0 saturated carbocycles. The number of likely N-dealkylation sites (N-methyl/N-ethyl adjacent to an activating group) is 1. The van der Waals surface area contributed by atoms with Gasteiger partial charge in [0.25, 0.3) is 0 Å². The molecule has 1 atom stereocenters. The van der Waals surface area contributed by atoms with Crippen LogP contribution in [0.3, 0.4) is 0 Å². The Hall–Kier alpha value is -0.900. The second-order valence-electron chi connectivity index (χ2n) is 6.28. The minimum absolute atomic E-state index is 0.715. The van der Waals surface area contributed by atoms with Crippen molar-refractivity contribution >= 4 is 0 Å². The molecule has 112 valence electrons. The molecule has 1 aliphatic rings. The van der Waals surface area contributed by atoms with Crippen molar-refractivity contribution in [1.29, 1.82) is 0 Å². The van der Waals surface area contributed by atoms with Crippen molar-refractivity contribution in [3.63, 3.8) is 0 Å². The average Bonchev–Trinajstić information content (AvgIpc) is 2.42. The van der Waals surface area contributed by atoms with Gasteiger partial charge < -0.3 is 10.0 Å². The number of nitrogens with zero attached hydrogens (tertiary/aromatic N) is 2. The zero-order valence-corrected chi connectivity index (χ0v) is 13.3. The summed E-state index contributed by atoms with van der Waals surface area (Å²) in [5, 5.41) is 10.8. The molecule has 0 spiro atoms. The van der Waals surface area contributed by atoms with Crippen LogP contribution in [-0.4, -0.2) is 54.2 Å². The van der Waals surface area contributed by atoms with Gasteiger partial charge in [-0.3, -0.25) is 4.90 Å². The third-order valence-corrected chi connectivity index (χ3v) is 4.57. The molecule has 0 bridgehead atoms. The predicted molar refractivity (Wildman–Crippen MR) is 84.0 cm³/mol. The fourth-order valence-corrected chi connectivity index (χ4v) is 2.87. The summed E-state index contributed by atoms with van der Waals surface area (Å²) in [4.78, 5) is 4.84. The fraction of sp³-hybridized carbons (Fsp3) is 0.647. The molecule has 3 nitrogen and oxygen atoms in total. The van der Waals surface area contributed by atoms with Crippen LogP contribution < -0.4 is 0 Å². The second kappa shape index (κ2) is 6.25. The molecule has 1 fully saturated rings. The minimum Gasteiger partial charge on any atom is -0.384 e. The van der Waals surface area contributed by atoms with E-state index in [-0.39, 0.29) is 0 Å². The van der Waals surface area contributed by atoms with E-state index in [2.05, 4.69) is 48.8 Å². The Bertz CT molecular complexity index is 448. The maximum Gasteiger partial charge on any atom is 0.0994 e. The molecule has 1 saturated heterocycles.